The molecule has 1 rings (SSSR count). The van der Waals surface area contributed by atoms with Gasteiger partial charge in [0.1, 0.15) is 0 Å². The van der Waals surface area contributed by atoms with Crippen LogP contribution in [0.2, 0.25) is 0 Å². The monoisotopic (exact) mass is 227 g/mol. The Hall–Kier alpha value is -0.120. The van der Waals surface area contributed by atoms with Gasteiger partial charge in [0.15, 0.2) is 0 Å². The van der Waals surface area contributed by atoms with Crippen LogP contribution in [0.4, 0.5) is 0 Å². The number of likely N-dealkylation sites (N-methyl/N-ethyl adjacent to an activating group) is 1. The van der Waals surface area contributed by atoms with Crippen molar-refractivity contribution in [2.75, 3.05) is 40.3 Å². The van der Waals surface area contributed by atoms with Crippen molar-refractivity contribution in [3.8, 4) is 0 Å². The summed E-state index contributed by atoms with van der Waals surface area (Å²) in [4.78, 5) is 5.14. The van der Waals surface area contributed by atoms with Gasteiger partial charge in [0.25, 0.3) is 0 Å². The van der Waals surface area contributed by atoms with Gasteiger partial charge in [0.2, 0.25) is 0 Å². The van der Waals surface area contributed by atoms with E-state index in [2.05, 4.69) is 42.9 Å². The van der Waals surface area contributed by atoms with Gasteiger partial charge in [-0.2, -0.15) is 0 Å². The van der Waals surface area contributed by atoms with Crippen molar-refractivity contribution in [2.24, 2.45) is 5.92 Å². The smallest absolute Gasteiger partial charge is 0.0197 e. The van der Waals surface area contributed by atoms with Crippen LogP contribution in [0.25, 0.3) is 0 Å². The van der Waals surface area contributed by atoms with Gasteiger partial charge in [-0.3, -0.25) is 4.90 Å². The Morgan fingerprint density at radius 2 is 2.00 bits per heavy atom. The van der Waals surface area contributed by atoms with E-state index in [0.29, 0.717) is 12.1 Å². The molecule has 0 aliphatic carbocycles. The first-order valence-corrected chi connectivity index (χ1v) is 6.65. The van der Waals surface area contributed by atoms with Gasteiger partial charge in [-0.15, -0.1) is 0 Å². The summed E-state index contributed by atoms with van der Waals surface area (Å²) < 4.78 is 0. The van der Waals surface area contributed by atoms with Gasteiger partial charge in [-0.25, -0.2) is 0 Å². The van der Waals surface area contributed by atoms with Crippen molar-refractivity contribution in [1.29, 1.82) is 0 Å². The third-order valence-electron chi connectivity index (χ3n) is 3.97. The van der Waals surface area contributed by atoms with Crippen LogP contribution in [-0.4, -0.2) is 62.2 Å². The summed E-state index contributed by atoms with van der Waals surface area (Å²) in [6, 6.07) is 1.36. The normalized spacial score (nSPS) is 28.7. The second-order valence-corrected chi connectivity index (χ2v) is 5.48. The molecule has 0 aromatic carbocycles. The van der Waals surface area contributed by atoms with E-state index in [-0.39, 0.29) is 0 Å². The molecular weight excluding hydrogens is 198 g/mol. The molecule has 1 fully saturated rings. The van der Waals surface area contributed by atoms with Crippen LogP contribution in [-0.2, 0) is 0 Å². The van der Waals surface area contributed by atoms with E-state index in [0.717, 1.165) is 12.5 Å². The molecule has 96 valence electrons. The zero-order chi connectivity index (χ0) is 12.1. The Balaban J connectivity index is 2.55. The fourth-order valence-corrected chi connectivity index (χ4v) is 2.82. The van der Waals surface area contributed by atoms with Crippen molar-refractivity contribution in [2.45, 2.75) is 39.3 Å². The lowest BCUT2D eigenvalue weighted by molar-refractivity contribution is 0.116. The molecule has 1 aliphatic heterocycles. The molecule has 3 unspecified atom stereocenters. The zero-order valence-corrected chi connectivity index (χ0v) is 11.7. The Bertz CT molecular complexity index is 196. The third kappa shape index (κ3) is 3.72. The van der Waals surface area contributed by atoms with Crippen LogP contribution >= 0.6 is 0 Å². The van der Waals surface area contributed by atoms with Gasteiger partial charge < -0.3 is 10.2 Å². The van der Waals surface area contributed by atoms with E-state index in [1.165, 1.54) is 26.1 Å². The maximum absolute atomic E-state index is 3.29. The highest BCUT2D eigenvalue weighted by atomic mass is 15.2. The minimum absolute atomic E-state index is 0.675. The predicted molar refractivity (Wildman–Crippen MR) is 70.8 cm³/mol. The van der Waals surface area contributed by atoms with E-state index in [9.17, 15) is 0 Å². The summed E-state index contributed by atoms with van der Waals surface area (Å²) >= 11 is 0. The maximum atomic E-state index is 3.29. The van der Waals surface area contributed by atoms with Crippen LogP contribution in [0.5, 0.6) is 0 Å². The molecule has 1 saturated heterocycles. The summed E-state index contributed by atoms with van der Waals surface area (Å²) in [6.07, 6.45) is 1.30. The fraction of sp³-hybridized carbons (Fsp3) is 1.00. The fourth-order valence-electron chi connectivity index (χ4n) is 2.82. The third-order valence-corrected chi connectivity index (χ3v) is 3.97. The van der Waals surface area contributed by atoms with Gasteiger partial charge in [0.05, 0.1) is 0 Å². The molecule has 1 aliphatic rings. The molecule has 0 aromatic rings. The van der Waals surface area contributed by atoms with E-state index in [1.54, 1.807) is 0 Å². The number of rotatable bonds is 4. The van der Waals surface area contributed by atoms with Gasteiger partial charge in [-0.05, 0) is 59.9 Å². The van der Waals surface area contributed by atoms with Crippen molar-refractivity contribution in [1.82, 2.24) is 15.1 Å². The first kappa shape index (κ1) is 13.9. The summed E-state index contributed by atoms with van der Waals surface area (Å²) in [6.45, 7) is 11.9. The van der Waals surface area contributed by atoms with E-state index in [4.69, 9.17) is 0 Å². The van der Waals surface area contributed by atoms with Crippen molar-refractivity contribution < 1.29 is 0 Å². The highest BCUT2D eigenvalue weighted by Crippen LogP contribution is 2.17. The molecule has 3 nitrogen and oxygen atoms in total. The Morgan fingerprint density at radius 3 is 2.62 bits per heavy atom. The first-order valence-electron chi connectivity index (χ1n) is 6.65. The van der Waals surface area contributed by atoms with Crippen LogP contribution in [0.15, 0.2) is 0 Å². The lowest BCUT2D eigenvalue weighted by Crippen LogP contribution is -2.47. The molecule has 3 heteroatoms. The molecule has 0 spiro atoms. The highest BCUT2D eigenvalue weighted by Gasteiger charge is 2.26. The lowest BCUT2D eigenvalue weighted by Gasteiger charge is -2.36. The largest absolute Gasteiger partial charge is 0.319 e. The van der Waals surface area contributed by atoms with Crippen LogP contribution < -0.4 is 5.32 Å². The molecule has 1 N–H and O–H groups in total. The summed E-state index contributed by atoms with van der Waals surface area (Å²) in [5.74, 6) is 0.718. The van der Waals surface area contributed by atoms with Crippen molar-refractivity contribution >= 4 is 0 Å². The standard InChI is InChI=1S/C13H29N3/c1-11(9-14-4)13(3)16-8-6-7-15(5)10-12(16)2/h11-14H,6-10H2,1-5H3. The quantitative estimate of drug-likeness (QED) is 0.780. The minimum Gasteiger partial charge on any atom is -0.319 e. The van der Waals surface area contributed by atoms with Crippen molar-refractivity contribution in [3.63, 3.8) is 0 Å². The molecule has 16 heavy (non-hydrogen) atoms. The van der Waals surface area contributed by atoms with Crippen molar-refractivity contribution in [3.05, 3.63) is 0 Å². The molecular formula is C13H29N3. The number of hydrogen-bond acceptors (Lipinski definition) is 3. The van der Waals surface area contributed by atoms with Crippen LogP contribution in [0.3, 0.4) is 0 Å². The van der Waals surface area contributed by atoms with E-state index >= 15 is 0 Å². The zero-order valence-electron chi connectivity index (χ0n) is 11.7. The average Bonchev–Trinajstić information content (AvgIpc) is 2.38. The van der Waals surface area contributed by atoms with E-state index in [1.807, 2.05) is 7.05 Å². The second kappa shape index (κ2) is 6.58. The van der Waals surface area contributed by atoms with Gasteiger partial charge in [-0.1, -0.05) is 6.92 Å². The molecule has 0 saturated carbocycles. The first-order chi connectivity index (χ1) is 7.56. The molecule has 1 heterocycles. The van der Waals surface area contributed by atoms with Crippen LogP contribution in [0.1, 0.15) is 27.2 Å². The second-order valence-electron chi connectivity index (χ2n) is 5.48. The number of nitrogens with one attached hydrogen (secondary N) is 1. The predicted octanol–water partition coefficient (Wildman–Crippen LogP) is 1.26. The average molecular weight is 227 g/mol. The number of nitrogens with zero attached hydrogens (tertiary/aromatic N) is 2. The van der Waals surface area contributed by atoms with Gasteiger partial charge in [0, 0.05) is 18.6 Å². The molecule has 0 radical (unpaired) electrons. The Morgan fingerprint density at radius 1 is 1.31 bits per heavy atom. The highest BCUT2D eigenvalue weighted by molar-refractivity contribution is 4.82. The number of hydrogen-bond donors (Lipinski definition) is 1. The molecule has 3 atom stereocenters. The summed E-state index contributed by atoms with van der Waals surface area (Å²) in [5.41, 5.74) is 0. The maximum Gasteiger partial charge on any atom is 0.0197 e. The van der Waals surface area contributed by atoms with Crippen LogP contribution in [0, 0.1) is 5.92 Å². The lowest BCUT2D eigenvalue weighted by atomic mass is 10.0. The van der Waals surface area contributed by atoms with Gasteiger partial charge >= 0.3 is 0 Å². The van der Waals surface area contributed by atoms with E-state index < -0.39 is 0 Å². The SMILES string of the molecule is CNCC(C)C(C)N1CCCN(C)CC1C. The molecule has 0 amide bonds. The summed E-state index contributed by atoms with van der Waals surface area (Å²) in [7, 11) is 4.28. The molecule has 0 aromatic heterocycles. The Kier molecular flexibility index (Phi) is 5.73. The minimum atomic E-state index is 0.675. The summed E-state index contributed by atoms with van der Waals surface area (Å²) in [5, 5.41) is 3.29. The molecule has 0 bridgehead atoms. The topological polar surface area (TPSA) is 18.5 Å². The Labute approximate surface area is 101 Å².